The summed E-state index contributed by atoms with van der Waals surface area (Å²) in [6.45, 7) is 0. The first kappa shape index (κ1) is 14.5. The number of ketones is 1. The summed E-state index contributed by atoms with van der Waals surface area (Å²) in [7, 11) is 3.67. The summed E-state index contributed by atoms with van der Waals surface area (Å²) in [5, 5.41) is 0. The Hall–Kier alpha value is -2.14. The normalized spacial score (nSPS) is 22.6. The van der Waals surface area contributed by atoms with Gasteiger partial charge in [-0.1, -0.05) is 34.1 Å². The Balaban J connectivity index is 1.99. The van der Waals surface area contributed by atoms with Crippen molar-refractivity contribution in [2.75, 3.05) is 23.9 Å². The summed E-state index contributed by atoms with van der Waals surface area (Å²) in [5.41, 5.74) is 2.29. The van der Waals surface area contributed by atoms with Crippen molar-refractivity contribution in [1.82, 2.24) is 0 Å². The van der Waals surface area contributed by atoms with E-state index in [1.807, 2.05) is 54.4 Å². The van der Waals surface area contributed by atoms with Crippen LogP contribution in [0.3, 0.4) is 0 Å². The van der Waals surface area contributed by atoms with E-state index in [0.717, 1.165) is 21.4 Å². The maximum Gasteiger partial charge on any atom is 0.257 e. The monoisotopic (exact) mass is 370 g/mol. The Bertz CT molecular complexity index is 864. The number of Topliss-reactive ketones (excluding diaryl/α,β-unsaturated/α-hetero) is 1. The number of rotatable bonds is 0. The first-order valence-corrected chi connectivity index (χ1v) is 8.20. The van der Waals surface area contributed by atoms with E-state index in [4.69, 9.17) is 0 Å². The third-order valence-corrected chi connectivity index (χ3v) is 5.47. The van der Waals surface area contributed by atoms with Gasteiger partial charge in [-0.2, -0.15) is 0 Å². The van der Waals surface area contributed by atoms with Crippen LogP contribution in [0.25, 0.3) is 0 Å². The van der Waals surface area contributed by atoms with Gasteiger partial charge in [-0.05, 0) is 24.3 Å². The Morgan fingerprint density at radius 2 is 1.78 bits per heavy atom. The van der Waals surface area contributed by atoms with Gasteiger partial charge in [0.05, 0.1) is 0 Å². The lowest BCUT2D eigenvalue weighted by molar-refractivity contribution is -0.122. The zero-order valence-electron chi connectivity index (χ0n) is 12.8. The predicted molar refractivity (Wildman–Crippen MR) is 93.0 cm³/mol. The van der Waals surface area contributed by atoms with Crippen LogP contribution >= 0.6 is 15.9 Å². The molecule has 2 heterocycles. The highest BCUT2D eigenvalue weighted by Gasteiger charge is 2.56. The van der Waals surface area contributed by atoms with E-state index in [1.165, 1.54) is 0 Å². The van der Waals surface area contributed by atoms with Crippen LogP contribution in [-0.4, -0.2) is 25.8 Å². The molecule has 4 nitrogen and oxygen atoms in total. The van der Waals surface area contributed by atoms with Gasteiger partial charge in [-0.15, -0.1) is 0 Å². The number of benzene rings is 2. The average Bonchev–Trinajstić information content (AvgIpc) is 2.76. The number of amides is 1. The maximum atomic E-state index is 13.1. The Morgan fingerprint density at radius 1 is 1.04 bits per heavy atom. The molecule has 1 unspecified atom stereocenters. The van der Waals surface area contributed by atoms with Crippen molar-refractivity contribution in [1.29, 1.82) is 0 Å². The van der Waals surface area contributed by atoms with Crippen molar-refractivity contribution in [3.8, 4) is 0 Å². The van der Waals surface area contributed by atoms with Gasteiger partial charge in [0.1, 0.15) is 0 Å². The zero-order valence-corrected chi connectivity index (χ0v) is 14.4. The maximum absolute atomic E-state index is 13.1. The molecular weight excluding hydrogens is 356 g/mol. The summed E-state index contributed by atoms with van der Waals surface area (Å²) in [6, 6.07) is 13.3. The fourth-order valence-electron chi connectivity index (χ4n) is 3.79. The molecule has 5 heteroatoms. The van der Waals surface area contributed by atoms with E-state index >= 15 is 0 Å². The van der Waals surface area contributed by atoms with Crippen molar-refractivity contribution in [3.63, 3.8) is 0 Å². The first-order valence-electron chi connectivity index (χ1n) is 7.41. The lowest BCUT2D eigenvalue weighted by Crippen LogP contribution is -2.55. The Kier molecular flexibility index (Phi) is 2.94. The van der Waals surface area contributed by atoms with E-state index in [1.54, 1.807) is 11.9 Å². The minimum atomic E-state index is -0.941. The number of halogens is 1. The Morgan fingerprint density at radius 3 is 2.57 bits per heavy atom. The van der Waals surface area contributed by atoms with Crippen molar-refractivity contribution >= 4 is 39.0 Å². The van der Waals surface area contributed by atoms with Crippen LogP contribution in [0.15, 0.2) is 46.9 Å². The SMILES string of the molecule is CN1C(=O)C2(CC(=O)c3cc(Br)ccc3N2C)c2ccccc21. The third kappa shape index (κ3) is 1.71. The molecule has 0 aromatic heterocycles. The van der Waals surface area contributed by atoms with E-state index in [0.29, 0.717) is 5.56 Å². The molecule has 0 saturated carbocycles. The highest BCUT2D eigenvalue weighted by Crippen LogP contribution is 2.50. The molecule has 2 aromatic rings. The number of hydrogen-bond acceptors (Lipinski definition) is 3. The van der Waals surface area contributed by atoms with Gasteiger partial charge >= 0.3 is 0 Å². The minimum absolute atomic E-state index is 0.00199. The van der Waals surface area contributed by atoms with Gasteiger partial charge in [-0.3, -0.25) is 9.59 Å². The summed E-state index contributed by atoms with van der Waals surface area (Å²) >= 11 is 3.41. The van der Waals surface area contributed by atoms with E-state index in [2.05, 4.69) is 15.9 Å². The van der Waals surface area contributed by atoms with Crippen molar-refractivity contribution in [2.45, 2.75) is 12.0 Å². The Labute approximate surface area is 142 Å². The molecule has 0 N–H and O–H groups in total. The standard InChI is InChI=1S/C18H15BrN2O2/c1-20-15-6-4-3-5-13(15)18(17(20)23)10-16(22)12-9-11(19)7-8-14(12)21(18)2/h3-9H,10H2,1-2H3. The van der Waals surface area contributed by atoms with E-state index < -0.39 is 5.54 Å². The minimum Gasteiger partial charge on any atom is -0.356 e. The van der Waals surface area contributed by atoms with Crippen molar-refractivity contribution in [2.24, 2.45) is 0 Å². The van der Waals surface area contributed by atoms with Gasteiger partial charge in [0.2, 0.25) is 0 Å². The summed E-state index contributed by atoms with van der Waals surface area (Å²) < 4.78 is 0.865. The molecule has 23 heavy (non-hydrogen) atoms. The number of carbonyl (C=O) groups is 2. The summed E-state index contributed by atoms with van der Waals surface area (Å²) in [4.78, 5) is 29.5. The van der Waals surface area contributed by atoms with Crippen molar-refractivity contribution < 1.29 is 9.59 Å². The van der Waals surface area contributed by atoms with Crippen LogP contribution in [0.1, 0.15) is 22.3 Å². The molecule has 1 spiro atoms. The highest BCUT2D eigenvalue weighted by atomic mass is 79.9. The predicted octanol–water partition coefficient (Wildman–Crippen LogP) is 3.34. The molecule has 0 saturated heterocycles. The smallest absolute Gasteiger partial charge is 0.257 e. The second-order valence-electron chi connectivity index (χ2n) is 6.06. The number of fused-ring (bicyclic) bond motifs is 3. The topological polar surface area (TPSA) is 40.6 Å². The van der Waals surface area contributed by atoms with E-state index in [-0.39, 0.29) is 18.1 Å². The molecule has 116 valence electrons. The first-order chi connectivity index (χ1) is 11.0. The number of hydrogen-bond donors (Lipinski definition) is 0. The van der Waals surface area contributed by atoms with Crippen LogP contribution in [0, 0.1) is 0 Å². The molecule has 0 radical (unpaired) electrons. The molecule has 4 rings (SSSR count). The lowest BCUT2D eigenvalue weighted by atomic mass is 9.79. The lowest BCUT2D eigenvalue weighted by Gasteiger charge is -2.43. The number of anilines is 2. The van der Waals surface area contributed by atoms with Gasteiger partial charge in [0, 0.05) is 47.5 Å². The largest absolute Gasteiger partial charge is 0.356 e. The van der Waals surface area contributed by atoms with Gasteiger partial charge in [-0.25, -0.2) is 0 Å². The molecule has 2 aliphatic heterocycles. The zero-order chi connectivity index (χ0) is 16.4. The van der Waals surface area contributed by atoms with Crippen LogP contribution in [0.5, 0.6) is 0 Å². The molecule has 2 aromatic carbocycles. The van der Waals surface area contributed by atoms with Crippen LogP contribution < -0.4 is 9.80 Å². The van der Waals surface area contributed by atoms with Gasteiger partial charge < -0.3 is 9.80 Å². The summed E-state index contributed by atoms with van der Waals surface area (Å²) in [6.07, 6.45) is 0.160. The third-order valence-electron chi connectivity index (χ3n) is 4.98. The molecule has 0 bridgehead atoms. The van der Waals surface area contributed by atoms with Gasteiger partial charge in [0.25, 0.3) is 5.91 Å². The van der Waals surface area contributed by atoms with E-state index in [9.17, 15) is 9.59 Å². The van der Waals surface area contributed by atoms with Crippen LogP contribution in [-0.2, 0) is 10.3 Å². The number of carbonyl (C=O) groups excluding carboxylic acids is 2. The molecule has 1 amide bonds. The molecule has 0 fully saturated rings. The fraction of sp³-hybridized carbons (Fsp3) is 0.222. The molecule has 2 aliphatic rings. The second kappa shape index (κ2) is 4.68. The number of nitrogens with zero attached hydrogens (tertiary/aromatic N) is 2. The molecule has 0 aliphatic carbocycles. The number of likely N-dealkylation sites (N-methyl/N-ethyl adjacent to an activating group) is 2. The fourth-order valence-corrected chi connectivity index (χ4v) is 4.15. The van der Waals surface area contributed by atoms with Crippen LogP contribution in [0.4, 0.5) is 11.4 Å². The van der Waals surface area contributed by atoms with Crippen LogP contribution in [0.2, 0.25) is 0 Å². The quantitative estimate of drug-likeness (QED) is 0.713. The summed E-state index contributed by atoms with van der Waals surface area (Å²) in [5.74, 6) is -0.0547. The average molecular weight is 371 g/mol. The number of para-hydroxylation sites is 1. The second-order valence-corrected chi connectivity index (χ2v) is 6.98. The van der Waals surface area contributed by atoms with Gasteiger partial charge in [0.15, 0.2) is 11.3 Å². The molecular formula is C18H15BrN2O2. The molecule has 1 atom stereocenters. The highest BCUT2D eigenvalue weighted by molar-refractivity contribution is 9.10. The van der Waals surface area contributed by atoms with Crippen molar-refractivity contribution in [3.05, 3.63) is 58.1 Å².